The number of hydrogen-bond acceptors (Lipinski definition) is 2. The second-order valence-electron chi connectivity index (χ2n) is 4.67. The summed E-state index contributed by atoms with van der Waals surface area (Å²) in [5.41, 5.74) is 1.25. The summed E-state index contributed by atoms with van der Waals surface area (Å²) in [6.07, 6.45) is 3.57. The van der Waals surface area contributed by atoms with Crippen molar-refractivity contribution in [3.63, 3.8) is 0 Å². The third kappa shape index (κ3) is 2.76. The summed E-state index contributed by atoms with van der Waals surface area (Å²) in [6.45, 7) is 4.14. The standard InChI is InChI=1S/C14H17FN2/c1-2-11-4-3-5-17(10-11)14-7-12(9-16)6-13(15)8-14/h6-8,11H,2-5,10H2,1H3. The van der Waals surface area contributed by atoms with E-state index in [1.807, 2.05) is 6.07 Å². The largest absolute Gasteiger partial charge is 0.371 e. The topological polar surface area (TPSA) is 27.0 Å². The summed E-state index contributed by atoms with van der Waals surface area (Å²) in [5, 5.41) is 8.85. The molecule has 1 fully saturated rings. The molecule has 0 saturated carbocycles. The van der Waals surface area contributed by atoms with Crippen molar-refractivity contribution < 1.29 is 4.39 Å². The van der Waals surface area contributed by atoms with Crippen LogP contribution in [0.2, 0.25) is 0 Å². The molecule has 0 amide bonds. The molecule has 1 heterocycles. The Hall–Kier alpha value is -1.56. The lowest BCUT2D eigenvalue weighted by atomic mass is 9.95. The maximum Gasteiger partial charge on any atom is 0.126 e. The zero-order valence-electron chi connectivity index (χ0n) is 10.1. The van der Waals surface area contributed by atoms with E-state index < -0.39 is 0 Å². The summed E-state index contributed by atoms with van der Waals surface area (Å²) in [4.78, 5) is 2.20. The van der Waals surface area contributed by atoms with Gasteiger partial charge in [0.2, 0.25) is 0 Å². The van der Waals surface area contributed by atoms with Crippen LogP contribution in [0.4, 0.5) is 10.1 Å². The smallest absolute Gasteiger partial charge is 0.126 e. The average molecular weight is 232 g/mol. The Morgan fingerprint density at radius 2 is 2.29 bits per heavy atom. The Kier molecular flexibility index (Phi) is 3.63. The van der Waals surface area contributed by atoms with Crippen LogP contribution in [-0.4, -0.2) is 13.1 Å². The molecule has 1 aromatic carbocycles. The van der Waals surface area contributed by atoms with Crippen LogP contribution in [0.1, 0.15) is 31.7 Å². The Balaban J connectivity index is 2.21. The number of anilines is 1. The molecule has 0 radical (unpaired) electrons. The zero-order valence-corrected chi connectivity index (χ0v) is 10.1. The van der Waals surface area contributed by atoms with Gasteiger partial charge in [-0.25, -0.2) is 4.39 Å². The molecule has 1 aromatic rings. The normalized spacial score (nSPS) is 20.1. The van der Waals surface area contributed by atoms with Gasteiger partial charge in [-0.05, 0) is 37.0 Å². The van der Waals surface area contributed by atoms with Gasteiger partial charge in [-0.3, -0.25) is 0 Å². The molecule has 0 aromatic heterocycles. The van der Waals surface area contributed by atoms with Crippen LogP contribution < -0.4 is 4.90 Å². The van der Waals surface area contributed by atoms with Crippen LogP contribution in [0.25, 0.3) is 0 Å². The van der Waals surface area contributed by atoms with Crippen LogP contribution in [0.15, 0.2) is 18.2 Å². The number of halogens is 1. The molecule has 2 nitrogen and oxygen atoms in total. The predicted octanol–water partition coefficient (Wildman–Crippen LogP) is 3.32. The first-order valence-electron chi connectivity index (χ1n) is 6.18. The van der Waals surface area contributed by atoms with Gasteiger partial charge >= 0.3 is 0 Å². The zero-order chi connectivity index (χ0) is 12.3. The summed E-state index contributed by atoms with van der Waals surface area (Å²) in [5.74, 6) is 0.371. The minimum Gasteiger partial charge on any atom is -0.371 e. The molecule has 1 aliphatic heterocycles. The SMILES string of the molecule is CCC1CCCN(c2cc(F)cc(C#N)c2)C1. The van der Waals surface area contributed by atoms with E-state index in [0.717, 1.165) is 31.6 Å². The van der Waals surface area contributed by atoms with E-state index in [1.54, 1.807) is 6.07 Å². The van der Waals surface area contributed by atoms with E-state index in [0.29, 0.717) is 11.5 Å². The molecule has 3 heteroatoms. The van der Waals surface area contributed by atoms with Crippen molar-refractivity contribution >= 4 is 5.69 Å². The number of benzene rings is 1. The highest BCUT2D eigenvalue weighted by atomic mass is 19.1. The molecule has 0 bridgehead atoms. The molecule has 90 valence electrons. The van der Waals surface area contributed by atoms with Crippen molar-refractivity contribution in [2.24, 2.45) is 5.92 Å². The number of nitrogens with zero attached hydrogens (tertiary/aromatic N) is 2. The quantitative estimate of drug-likeness (QED) is 0.782. The average Bonchev–Trinajstić information content (AvgIpc) is 2.38. The minimum atomic E-state index is -0.322. The lowest BCUT2D eigenvalue weighted by molar-refractivity contribution is 0.404. The molecule has 1 saturated heterocycles. The molecule has 2 rings (SSSR count). The van der Waals surface area contributed by atoms with Crippen LogP contribution in [0.3, 0.4) is 0 Å². The van der Waals surface area contributed by atoms with Gasteiger partial charge in [0, 0.05) is 18.8 Å². The van der Waals surface area contributed by atoms with Crippen LogP contribution in [-0.2, 0) is 0 Å². The molecule has 1 atom stereocenters. The predicted molar refractivity (Wildman–Crippen MR) is 66.3 cm³/mol. The van der Waals surface area contributed by atoms with Gasteiger partial charge < -0.3 is 4.90 Å². The van der Waals surface area contributed by atoms with Crippen LogP contribution in [0.5, 0.6) is 0 Å². The number of piperidine rings is 1. The monoisotopic (exact) mass is 232 g/mol. The number of rotatable bonds is 2. The number of nitriles is 1. The third-order valence-corrected chi connectivity index (χ3v) is 3.47. The van der Waals surface area contributed by atoms with E-state index in [2.05, 4.69) is 11.8 Å². The lowest BCUT2D eigenvalue weighted by Crippen LogP contribution is -2.35. The van der Waals surface area contributed by atoms with Gasteiger partial charge in [-0.2, -0.15) is 5.26 Å². The van der Waals surface area contributed by atoms with Gasteiger partial charge in [0.1, 0.15) is 5.82 Å². The Morgan fingerprint density at radius 1 is 1.47 bits per heavy atom. The van der Waals surface area contributed by atoms with Crippen molar-refractivity contribution in [3.05, 3.63) is 29.6 Å². The maximum atomic E-state index is 13.4. The van der Waals surface area contributed by atoms with Gasteiger partial charge in [0.05, 0.1) is 11.6 Å². The van der Waals surface area contributed by atoms with Crippen LogP contribution in [0, 0.1) is 23.1 Å². The minimum absolute atomic E-state index is 0.322. The summed E-state index contributed by atoms with van der Waals surface area (Å²) in [6, 6.07) is 6.59. The van der Waals surface area contributed by atoms with Gasteiger partial charge in [0.15, 0.2) is 0 Å². The molecule has 17 heavy (non-hydrogen) atoms. The highest BCUT2D eigenvalue weighted by molar-refractivity contribution is 5.52. The summed E-state index contributed by atoms with van der Waals surface area (Å²) >= 11 is 0. The fourth-order valence-corrected chi connectivity index (χ4v) is 2.45. The molecule has 0 spiro atoms. The second kappa shape index (κ2) is 5.18. The van der Waals surface area contributed by atoms with Crippen molar-refractivity contribution in [1.29, 1.82) is 5.26 Å². The number of hydrogen-bond donors (Lipinski definition) is 0. The van der Waals surface area contributed by atoms with Crippen LogP contribution >= 0.6 is 0 Å². The Morgan fingerprint density at radius 3 is 3.00 bits per heavy atom. The van der Waals surface area contributed by atoms with E-state index >= 15 is 0 Å². The highest BCUT2D eigenvalue weighted by Gasteiger charge is 2.19. The first-order chi connectivity index (χ1) is 8.22. The first-order valence-corrected chi connectivity index (χ1v) is 6.18. The summed E-state index contributed by atoms with van der Waals surface area (Å²) in [7, 11) is 0. The van der Waals surface area contributed by atoms with Crippen molar-refractivity contribution in [2.45, 2.75) is 26.2 Å². The van der Waals surface area contributed by atoms with E-state index in [1.165, 1.54) is 18.6 Å². The van der Waals surface area contributed by atoms with E-state index in [-0.39, 0.29) is 5.82 Å². The first kappa shape index (κ1) is 11.9. The van der Waals surface area contributed by atoms with Crippen molar-refractivity contribution in [3.8, 4) is 6.07 Å². The molecular weight excluding hydrogens is 215 g/mol. The lowest BCUT2D eigenvalue weighted by Gasteiger charge is -2.34. The van der Waals surface area contributed by atoms with Gasteiger partial charge in [0.25, 0.3) is 0 Å². The fourth-order valence-electron chi connectivity index (χ4n) is 2.45. The van der Waals surface area contributed by atoms with E-state index in [9.17, 15) is 4.39 Å². The van der Waals surface area contributed by atoms with Crippen molar-refractivity contribution in [1.82, 2.24) is 0 Å². The highest BCUT2D eigenvalue weighted by Crippen LogP contribution is 2.26. The van der Waals surface area contributed by atoms with Crippen molar-refractivity contribution in [2.75, 3.05) is 18.0 Å². The fraction of sp³-hybridized carbons (Fsp3) is 0.500. The van der Waals surface area contributed by atoms with Gasteiger partial charge in [-0.1, -0.05) is 13.3 Å². The second-order valence-corrected chi connectivity index (χ2v) is 4.67. The third-order valence-electron chi connectivity index (χ3n) is 3.47. The Labute approximate surface area is 102 Å². The van der Waals surface area contributed by atoms with E-state index in [4.69, 9.17) is 5.26 Å². The maximum absolute atomic E-state index is 13.4. The molecular formula is C14H17FN2. The van der Waals surface area contributed by atoms with Gasteiger partial charge in [-0.15, -0.1) is 0 Å². The molecule has 1 unspecified atom stereocenters. The molecule has 0 aliphatic carbocycles. The molecule has 0 N–H and O–H groups in total. The Bertz CT molecular complexity index is 436. The molecule has 1 aliphatic rings. The summed E-state index contributed by atoms with van der Waals surface area (Å²) < 4.78 is 13.4.